The van der Waals surface area contributed by atoms with E-state index in [1.54, 1.807) is 24.3 Å². The number of rotatable bonds is 10. The van der Waals surface area contributed by atoms with Gasteiger partial charge in [0.05, 0.1) is 11.4 Å². The van der Waals surface area contributed by atoms with Crippen molar-refractivity contribution < 1.29 is 4.79 Å². The summed E-state index contributed by atoms with van der Waals surface area (Å²) in [6, 6.07) is 15.0. The molecule has 9 nitrogen and oxygen atoms in total. The molecule has 1 heterocycles. The zero-order valence-corrected chi connectivity index (χ0v) is 21.8. The van der Waals surface area contributed by atoms with Gasteiger partial charge in [0.25, 0.3) is 5.91 Å². The van der Waals surface area contributed by atoms with E-state index in [-0.39, 0.29) is 5.91 Å². The first-order valence-electron chi connectivity index (χ1n) is 13.7. The maximum absolute atomic E-state index is 12.6. The van der Waals surface area contributed by atoms with E-state index < -0.39 is 0 Å². The van der Waals surface area contributed by atoms with Crippen molar-refractivity contribution in [3.63, 3.8) is 0 Å². The first-order valence-corrected chi connectivity index (χ1v) is 13.7. The summed E-state index contributed by atoms with van der Waals surface area (Å²) in [7, 11) is 0. The number of nitrogens with zero attached hydrogens (tertiary/aromatic N) is 3. The number of nitrogen functional groups attached to an aromatic ring is 1. The highest BCUT2D eigenvalue weighted by Crippen LogP contribution is 2.37. The Hall–Kier alpha value is -4.40. The highest BCUT2D eigenvalue weighted by Gasteiger charge is 2.32. The number of anilines is 5. The number of benzene rings is 2. The lowest BCUT2D eigenvalue weighted by Gasteiger charge is -2.15. The molecule has 39 heavy (non-hydrogen) atoms. The van der Waals surface area contributed by atoms with Crippen molar-refractivity contribution in [3.05, 3.63) is 84.0 Å². The van der Waals surface area contributed by atoms with Gasteiger partial charge in [-0.2, -0.15) is 15.0 Å². The molecule has 2 aromatic carbocycles. The van der Waals surface area contributed by atoms with Crippen LogP contribution in [0.25, 0.3) is 0 Å². The quantitative estimate of drug-likeness (QED) is 0.233. The first-order chi connectivity index (χ1) is 19.1. The number of fused-ring (bicyclic) bond motifs is 1. The number of nitrogens with two attached hydrogens (primary N) is 1. The fourth-order valence-corrected chi connectivity index (χ4v) is 5.18. The molecule has 2 atom stereocenters. The molecule has 2 saturated carbocycles. The maximum Gasteiger partial charge on any atom is 0.255 e. The summed E-state index contributed by atoms with van der Waals surface area (Å²) < 4.78 is 0. The number of nitrogens with one attached hydrogen (secondary N) is 4. The molecule has 2 fully saturated rings. The minimum absolute atomic E-state index is 0.204. The number of para-hydroxylation sites is 2. The second-order valence-corrected chi connectivity index (χ2v) is 10.6. The SMILES string of the molecule is Nc1ccccc1NC(=O)c1ccc(CNc2nc(NCC3CC3)nc(NC3CC4C=CC=CC4C3)n2)cc1. The van der Waals surface area contributed by atoms with Crippen molar-refractivity contribution in [1.29, 1.82) is 0 Å². The van der Waals surface area contributed by atoms with Gasteiger partial charge >= 0.3 is 0 Å². The van der Waals surface area contributed by atoms with E-state index in [0.29, 0.717) is 65.1 Å². The van der Waals surface area contributed by atoms with Crippen LogP contribution in [0.5, 0.6) is 0 Å². The third-order valence-corrected chi connectivity index (χ3v) is 7.58. The van der Waals surface area contributed by atoms with Crippen molar-refractivity contribution in [2.45, 2.75) is 38.3 Å². The zero-order chi connectivity index (χ0) is 26.6. The second kappa shape index (κ2) is 11.1. The minimum Gasteiger partial charge on any atom is -0.397 e. The number of allylic oxidation sites excluding steroid dienone is 4. The van der Waals surface area contributed by atoms with Gasteiger partial charge in [-0.3, -0.25) is 4.79 Å². The van der Waals surface area contributed by atoms with Gasteiger partial charge in [-0.15, -0.1) is 0 Å². The van der Waals surface area contributed by atoms with E-state index in [4.69, 9.17) is 5.73 Å². The third kappa shape index (κ3) is 6.37. The monoisotopic (exact) mass is 522 g/mol. The summed E-state index contributed by atoms with van der Waals surface area (Å²) in [5, 5.41) is 13.1. The Bertz CT molecular complexity index is 1360. The molecule has 1 aromatic heterocycles. The molecule has 6 N–H and O–H groups in total. The molecular weight excluding hydrogens is 488 g/mol. The van der Waals surface area contributed by atoms with Crippen LogP contribution in [0.15, 0.2) is 72.8 Å². The Morgan fingerprint density at radius 3 is 2.21 bits per heavy atom. The van der Waals surface area contributed by atoms with Gasteiger partial charge in [0, 0.05) is 24.7 Å². The van der Waals surface area contributed by atoms with Gasteiger partial charge in [0.1, 0.15) is 0 Å². The molecular formula is C30H34N8O. The van der Waals surface area contributed by atoms with Crippen molar-refractivity contribution in [2.24, 2.45) is 17.8 Å². The Kier molecular flexibility index (Phi) is 7.12. The Morgan fingerprint density at radius 2 is 1.51 bits per heavy atom. The lowest BCUT2D eigenvalue weighted by atomic mass is 9.92. The lowest BCUT2D eigenvalue weighted by molar-refractivity contribution is 0.102. The number of carbonyl (C=O) groups is 1. The van der Waals surface area contributed by atoms with Crippen molar-refractivity contribution in [2.75, 3.05) is 33.5 Å². The summed E-state index contributed by atoms with van der Waals surface area (Å²) >= 11 is 0. The molecule has 0 saturated heterocycles. The molecule has 0 aliphatic heterocycles. The third-order valence-electron chi connectivity index (χ3n) is 7.58. The van der Waals surface area contributed by atoms with Crippen LogP contribution in [0.2, 0.25) is 0 Å². The highest BCUT2D eigenvalue weighted by atomic mass is 16.1. The van der Waals surface area contributed by atoms with E-state index in [1.807, 2.05) is 24.3 Å². The molecule has 0 bridgehead atoms. The van der Waals surface area contributed by atoms with E-state index >= 15 is 0 Å². The normalized spacial score (nSPS) is 21.3. The predicted octanol–water partition coefficient (Wildman–Crippen LogP) is 5.07. The maximum atomic E-state index is 12.6. The van der Waals surface area contributed by atoms with Gasteiger partial charge in [-0.25, -0.2) is 0 Å². The number of hydrogen-bond acceptors (Lipinski definition) is 8. The first kappa shape index (κ1) is 24.9. The van der Waals surface area contributed by atoms with Crippen LogP contribution >= 0.6 is 0 Å². The number of carbonyl (C=O) groups excluding carboxylic acids is 1. The van der Waals surface area contributed by atoms with E-state index in [0.717, 1.165) is 24.9 Å². The van der Waals surface area contributed by atoms with Gasteiger partial charge in [-0.05, 0) is 73.3 Å². The number of aromatic nitrogens is 3. The van der Waals surface area contributed by atoms with Crippen LogP contribution in [0.4, 0.5) is 29.2 Å². The Balaban J connectivity index is 1.10. The van der Waals surface area contributed by atoms with E-state index in [2.05, 4.69) is 60.5 Å². The summed E-state index contributed by atoms with van der Waals surface area (Å²) in [4.78, 5) is 26.6. The summed E-state index contributed by atoms with van der Waals surface area (Å²) in [5.74, 6) is 3.36. The minimum atomic E-state index is -0.204. The standard InChI is InChI=1S/C30H34N8O/c31-25-7-3-4-8-26(25)35-27(39)21-13-11-20(12-14-21)18-33-29-36-28(32-17-19-9-10-19)37-30(38-29)34-24-15-22-5-1-2-6-23(22)16-24/h1-8,11-14,19,22-24H,9-10,15-18,31H2,(H,35,39)(H3,32,33,34,36,37,38). The van der Waals surface area contributed by atoms with Gasteiger partial charge in [-0.1, -0.05) is 48.6 Å². The van der Waals surface area contributed by atoms with Gasteiger partial charge in [0.2, 0.25) is 17.8 Å². The van der Waals surface area contributed by atoms with Crippen LogP contribution in [-0.2, 0) is 6.54 Å². The average molecular weight is 523 g/mol. The average Bonchev–Trinajstić information content (AvgIpc) is 3.69. The molecule has 9 heteroatoms. The fourth-order valence-electron chi connectivity index (χ4n) is 5.18. The molecule has 3 aliphatic rings. The Labute approximate surface area is 228 Å². The van der Waals surface area contributed by atoms with Crippen LogP contribution in [-0.4, -0.2) is 33.4 Å². The molecule has 3 aromatic rings. The van der Waals surface area contributed by atoms with Crippen LogP contribution in [0.1, 0.15) is 41.6 Å². The topological polar surface area (TPSA) is 130 Å². The number of amides is 1. The molecule has 0 spiro atoms. The van der Waals surface area contributed by atoms with E-state index in [1.165, 1.54) is 12.8 Å². The molecule has 0 radical (unpaired) electrons. The summed E-state index contributed by atoms with van der Waals surface area (Å²) in [6.07, 6.45) is 13.6. The van der Waals surface area contributed by atoms with E-state index in [9.17, 15) is 4.79 Å². The fraction of sp³-hybridized carbons (Fsp3) is 0.333. The molecule has 6 rings (SSSR count). The summed E-state index contributed by atoms with van der Waals surface area (Å²) in [5.41, 5.74) is 8.64. The molecule has 200 valence electrons. The Morgan fingerprint density at radius 1 is 0.846 bits per heavy atom. The number of hydrogen-bond donors (Lipinski definition) is 5. The smallest absolute Gasteiger partial charge is 0.255 e. The van der Waals surface area contributed by atoms with Crippen LogP contribution in [0, 0.1) is 17.8 Å². The molecule has 2 unspecified atom stereocenters. The van der Waals surface area contributed by atoms with Gasteiger partial charge < -0.3 is 27.0 Å². The largest absolute Gasteiger partial charge is 0.397 e. The summed E-state index contributed by atoms with van der Waals surface area (Å²) in [6.45, 7) is 1.40. The second-order valence-electron chi connectivity index (χ2n) is 10.6. The van der Waals surface area contributed by atoms with Crippen LogP contribution < -0.4 is 27.0 Å². The highest BCUT2D eigenvalue weighted by molar-refractivity contribution is 6.05. The zero-order valence-electron chi connectivity index (χ0n) is 21.8. The van der Waals surface area contributed by atoms with Crippen molar-refractivity contribution in [3.8, 4) is 0 Å². The predicted molar refractivity (Wildman–Crippen MR) is 156 cm³/mol. The van der Waals surface area contributed by atoms with Crippen molar-refractivity contribution >= 4 is 35.1 Å². The van der Waals surface area contributed by atoms with Crippen molar-refractivity contribution in [1.82, 2.24) is 15.0 Å². The lowest BCUT2D eigenvalue weighted by Crippen LogP contribution is -2.20. The van der Waals surface area contributed by atoms with Crippen LogP contribution in [0.3, 0.4) is 0 Å². The molecule has 1 amide bonds. The van der Waals surface area contributed by atoms with Gasteiger partial charge in [0.15, 0.2) is 0 Å². The molecule has 3 aliphatic carbocycles.